The van der Waals surface area contributed by atoms with Gasteiger partial charge in [-0.3, -0.25) is 0 Å². The van der Waals surface area contributed by atoms with Gasteiger partial charge in [0.25, 0.3) is 0 Å². The molecule has 0 spiro atoms. The van der Waals surface area contributed by atoms with Crippen LogP contribution < -0.4 is 10.1 Å². The molecule has 0 aliphatic rings. The van der Waals surface area contributed by atoms with Gasteiger partial charge in [0.1, 0.15) is 12.4 Å². The molecule has 0 atom stereocenters. The van der Waals surface area contributed by atoms with E-state index in [0.29, 0.717) is 17.4 Å². The minimum Gasteiger partial charge on any atom is -0.488 e. The fourth-order valence-corrected chi connectivity index (χ4v) is 1.68. The van der Waals surface area contributed by atoms with Gasteiger partial charge in [-0.1, -0.05) is 29.3 Å². The van der Waals surface area contributed by atoms with E-state index in [4.69, 9.17) is 27.9 Å². The lowest BCUT2D eigenvalue weighted by Crippen LogP contribution is -2.35. The molecule has 1 aromatic carbocycles. The highest BCUT2D eigenvalue weighted by Crippen LogP contribution is 2.26. The van der Waals surface area contributed by atoms with Gasteiger partial charge in [-0.15, -0.1) is 0 Å². The van der Waals surface area contributed by atoms with Crippen molar-refractivity contribution in [2.45, 2.75) is 39.8 Å². The van der Waals surface area contributed by atoms with Crippen LogP contribution in [0, 0.1) is 0 Å². The number of rotatable bonds is 5. The van der Waals surface area contributed by atoms with E-state index in [0.717, 1.165) is 17.7 Å². The first-order chi connectivity index (χ1) is 8.81. The predicted molar refractivity (Wildman–Crippen MR) is 83.1 cm³/mol. The van der Waals surface area contributed by atoms with E-state index < -0.39 is 0 Å². The van der Waals surface area contributed by atoms with Crippen molar-refractivity contribution in [1.82, 2.24) is 5.32 Å². The first-order valence-corrected chi connectivity index (χ1v) is 7.05. The summed E-state index contributed by atoms with van der Waals surface area (Å²) < 4.78 is 5.58. The van der Waals surface area contributed by atoms with E-state index in [2.05, 4.69) is 26.1 Å². The van der Waals surface area contributed by atoms with E-state index in [1.54, 1.807) is 0 Å². The van der Waals surface area contributed by atoms with Crippen LogP contribution in [-0.4, -0.2) is 12.1 Å². The van der Waals surface area contributed by atoms with E-state index >= 15 is 0 Å². The van der Waals surface area contributed by atoms with Crippen LogP contribution in [0.1, 0.15) is 33.3 Å². The number of hydrogen-bond acceptors (Lipinski definition) is 2. The summed E-state index contributed by atoms with van der Waals surface area (Å²) in [6.07, 6.45) is 0. The van der Waals surface area contributed by atoms with Crippen LogP contribution in [0.5, 0.6) is 5.75 Å². The minimum atomic E-state index is 0.0872. The first-order valence-electron chi connectivity index (χ1n) is 6.24. The van der Waals surface area contributed by atoms with Gasteiger partial charge in [0.2, 0.25) is 0 Å². The summed E-state index contributed by atoms with van der Waals surface area (Å²) in [6.45, 7) is 9.53. The third-order valence-electron chi connectivity index (χ3n) is 2.46. The number of ether oxygens (including phenoxy) is 1. The molecule has 0 aromatic heterocycles. The molecule has 0 amide bonds. The van der Waals surface area contributed by atoms with Gasteiger partial charge in [0.05, 0.1) is 5.02 Å². The van der Waals surface area contributed by atoms with Gasteiger partial charge in [0, 0.05) is 17.6 Å². The van der Waals surface area contributed by atoms with E-state index in [-0.39, 0.29) is 5.54 Å². The topological polar surface area (TPSA) is 21.3 Å². The Hall–Kier alpha value is -0.700. The standard InChI is InChI=1S/C15H21Cl2NO/c1-11(8-16)10-19-14-6-5-12(7-13(14)17)9-18-15(2,3)4/h5-8,18H,9-10H2,1-4H3/b11-8-. The molecular formula is C15H21Cl2NO. The normalized spacial score (nSPS) is 12.6. The number of halogens is 2. The molecule has 2 nitrogen and oxygen atoms in total. The third-order valence-corrected chi connectivity index (χ3v) is 3.13. The Bertz CT molecular complexity index is 450. The molecular weight excluding hydrogens is 281 g/mol. The molecule has 0 aliphatic heterocycles. The zero-order valence-corrected chi connectivity index (χ0v) is 13.4. The van der Waals surface area contributed by atoms with Crippen molar-refractivity contribution >= 4 is 23.2 Å². The summed E-state index contributed by atoms with van der Waals surface area (Å²) in [7, 11) is 0. The number of benzene rings is 1. The molecule has 0 aliphatic carbocycles. The molecule has 0 heterocycles. The maximum atomic E-state index is 6.20. The zero-order chi connectivity index (χ0) is 14.5. The van der Waals surface area contributed by atoms with Crippen molar-refractivity contribution in [3.63, 3.8) is 0 Å². The Kier molecular flexibility index (Phi) is 6.18. The van der Waals surface area contributed by atoms with Crippen LogP contribution in [0.4, 0.5) is 0 Å². The average molecular weight is 302 g/mol. The monoisotopic (exact) mass is 301 g/mol. The fourth-order valence-electron chi connectivity index (χ4n) is 1.36. The van der Waals surface area contributed by atoms with Crippen molar-refractivity contribution < 1.29 is 4.74 Å². The second-order valence-corrected chi connectivity index (χ2v) is 6.24. The van der Waals surface area contributed by atoms with Crippen molar-refractivity contribution in [3.05, 3.63) is 39.9 Å². The van der Waals surface area contributed by atoms with Gasteiger partial charge in [-0.25, -0.2) is 0 Å². The molecule has 0 bridgehead atoms. The van der Waals surface area contributed by atoms with Crippen molar-refractivity contribution in [1.29, 1.82) is 0 Å². The van der Waals surface area contributed by atoms with Crippen LogP contribution in [0.2, 0.25) is 5.02 Å². The van der Waals surface area contributed by atoms with Crippen LogP contribution in [-0.2, 0) is 6.54 Å². The molecule has 0 radical (unpaired) electrons. The molecule has 0 fully saturated rings. The van der Waals surface area contributed by atoms with Crippen LogP contribution in [0.3, 0.4) is 0 Å². The molecule has 0 saturated carbocycles. The molecule has 0 unspecified atom stereocenters. The smallest absolute Gasteiger partial charge is 0.138 e. The van der Waals surface area contributed by atoms with Gasteiger partial charge in [-0.05, 0) is 51.0 Å². The predicted octanol–water partition coefficient (Wildman–Crippen LogP) is 4.75. The second-order valence-electron chi connectivity index (χ2n) is 5.61. The van der Waals surface area contributed by atoms with Crippen molar-refractivity contribution in [2.75, 3.05) is 6.61 Å². The summed E-state index contributed by atoms with van der Waals surface area (Å²) in [5, 5.41) is 4.04. The Morgan fingerprint density at radius 1 is 1.37 bits per heavy atom. The lowest BCUT2D eigenvalue weighted by molar-refractivity contribution is 0.352. The summed E-state index contributed by atoms with van der Waals surface area (Å²) >= 11 is 11.8. The summed E-state index contributed by atoms with van der Waals surface area (Å²) in [4.78, 5) is 0. The van der Waals surface area contributed by atoms with Gasteiger partial charge in [-0.2, -0.15) is 0 Å². The summed E-state index contributed by atoms with van der Waals surface area (Å²) in [5.41, 5.74) is 3.69. The summed E-state index contributed by atoms with van der Waals surface area (Å²) in [6, 6.07) is 5.83. The molecule has 106 valence electrons. The fraction of sp³-hybridized carbons (Fsp3) is 0.467. The lowest BCUT2D eigenvalue weighted by atomic mass is 10.1. The maximum Gasteiger partial charge on any atom is 0.138 e. The molecule has 19 heavy (non-hydrogen) atoms. The maximum absolute atomic E-state index is 6.20. The average Bonchev–Trinajstić information content (AvgIpc) is 2.34. The Labute approximate surface area is 125 Å². The third kappa shape index (κ3) is 6.33. The molecule has 1 rings (SSSR count). The number of hydrogen-bond donors (Lipinski definition) is 1. The van der Waals surface area contributed by atoms with Gasteiger partial charge < -0.3 is 10.1 Å². The highest BCUT2D eigenvalue weighted by molar-refractivity contribution is 6.32. The summed E-state index contributed by atoms with van der Waals surface area (Å²) in [5.74, 6) is 0.680. The Morgan fingerprint density at radius 3 is 2.58 bits per heavy atom. The Morgan fingerprint density at radius 2 is 2.05 bits per heavy atom. The SMILES string of the molecule is C/C(=C/Cl)COc1ccc(CNC(C)(C)C)cc1Cl. The quantitative estimate of drug-likeness (QED) is 0.847. The van der Waals surface area contributed by atoms with Gasteiger partial charge >= 0.3 is 0 Å². The lowest BCUT2D eigenvalue weighted by Gasteiger charge is -2.20. The van der Waals surface area contributed by atoms with E-state index in [1.165, 1.54) is 5.54 Å². The highest BCUT2D eigenvalue weighted by Gasteiger charge is 2.09. The number of nitrogens with one attached hydrogen (secondary N) is 1. The molecule has 1 aromatic rings. The van der Waals surface area contributed by atoms with Crippen molar-refractivity contribution in [2.24, 2.45) is 0 Å². The van der Waals surface area contributed by atoms with Crippen molar-refractivity contribution in [3.8, 4) is 5.75 Å². The van der Waals surface area contributed by atoms with E-state index in [1.807, 2.05) is 25.1 Å². The van der Waals surface area contributed by atoms with Crippen LogP contribution >= 0.6 is 23.2 Å². The van der Waals surface area contributed by atoms with Crippen LogP contribution in [0.15, 0.2) is 29.3 Å². The second kappa shape index (κ2) is 7.18. The first kappa shape index (κ1) is 16.4. The van der Waals surface area contributed by atoms with Gasteiger partial charge in [0.15, 0.2) is 0 Å². The largest absolute Gasteiger partial charge is 0.488 e. The van der Waals surface area contributed by atoms with E-state index in [9.17, 15) is 0 Å². The Balaban J connectivity index is 2.64. The molecule has 4 heteroatoms. The minimum absolute atomic E-state index is 0.0872. The van der Waals surface area contributed by atoms with Crippen LogP contribution in [0.25, 0.3) is 0 Å². The zero-order valence-electron chi connectivity index (χ0n) is 11.9. The molecule has 1 N–H and O–H groups in total. The highest BCUT2D eigenvalue weighted by atomic mass is 35.5. The molecule has 0 saturated heterocycles.